The average Bonchev–Trinajstić information content (AvgIpc) is 2.93. The topological polar surface area (TPSA) is 67.4 Å². The van der Waals surface area contributed by atoms with E-state index in [2.05, 4.69) is 10.0 Å². The standard InChI is InChI=1S/C13H18Cl2N2O3S/c1-20-12-6-11(15)13(7-10(12)14)21(18,19)17-5-3-9-2-4-16-8-9/h6-7,9,16-17H,2-5,8H2,1H3. The summed E-state index contributed by atoms with van der Waals surface area (Å²) in [6, 6.07) is 2.71. The third-order valence-electron chi connectivity index (χ3n) is 3.50. The first-order chi connectivity index (χ1) is 9.94. The van der Waals surface area contributed by atoms with Crippen molar-refractivity contribution in [2.45, 2.75) is 17.7 Å². The Morgan fingerprint density at radius 1 is 1.38 bits per heavy atom. The summed E-state index contributed by atoms with van der Waals surface area (Å²) in [4.78, 5) is -0.0282. The number of methoxy groups -OCH3 is 1. The number of halogens is 2. The smallest absolute Gasteiger partial charge is 0.242 e. The van der Waals surface area contributed by atoms with Crippen LogP contribution in [0.1, 0.15) is 12.8 Å². The molecular weight excluding hydrogens is 335 g/mol. The highest BCUT2D eigenvalue weighted by Crippen LogP contribution is 2.33. The Hall–Kier alpha value is -0.530. The van der Waals surface area contributed by atoms with Gasteiger partial charge in [-0.25, -0.2) is 13.1 Å². The van der Waals surface area contributed by atoms with Crippen molar-refractivity contribution in [3.05, 3.63) is 22.2 Å². The van der Waals surface area contributed by atoms with E-state index < -0.39 is 10.0 Å². The normalized spacial score (nSPS) is 18.9. The summed E-state index contributed by atoms with van der Waals surface area (Å²) in [7, 11) is -2.23. The Kier molecular flexibility index (Phi) is 5.73. The molecule has 5 nitrogen and oxygen atoms in total. The highest BCUT2D eigenvalue weighted by Gasteiger charge is 2.21. The number of ether oxygens (including phenoxy) is 1. The molecule has 0 spiro atoms. The Morgan fingerprint density at radius 3 is 2.76 bits per heavy atom. The number of hydrogen-bond acceptors (Lipinski definition) is 4. The van der Waals surface area contributed by atoms with Crippen LogP contribution in [0, 0.1) is 5.92 Å². The molecule has 2 rings (SSSR count). The van der Waals surface area contributed by atoms with E-state index in [1.165, 1.54) is 19.2 Å². The minimum atomic E-state index is -3.67. The summed E-state index contributed by atoms with van der Waals surface area (Å²) < 4.78 is 32.1. The Balaban J connectivity index is 2.06. The summed E-state index contributed by atoms with van der Waals surface area (Å²) in [6.45, 7) is 2.32. The van der Waals surface area contributed by atoms with E-state index in [-0.39, 0.29) is 14.9 Å². The van der Waals surface area contributed by atoms with Crippen molar-refractivity contribution >= 4 is 33.2 Å². The maximum atomic E-state index is 12.3. The third kappa shape index (κ3) is 4.23. The molecule has 21 heavy (non-hydrogen) atoms. The van der Waals surface area contributed by atoms with E-state index in [1.807, 2.05) is 0 Å². The van der Waals surface area contributed by atoms with E-state index in [1.54, 1.807) is 0 Å². The fraction of sp³-hybridized carbons (Fsp3) is 0.538. The lowest BCUT2D eigenvalue weighted by atomic mass is 10.1. The number of hydrogen-bond donors (Lipinski definition) is 2. The summed E-state index contributed by atoms with van der Waals surface area (Å²) in [5.41, 5.74) is 0. The zero-order valence-corrected chi connectivity index (χ0v) is 14.0. The zero-order valence-electron chi connectivity index (χ0n) is 11.7. The van der Waals surface area contributed by atoms with Gasteiger partial charge in [-0.3, -0.25) is 0 Å². The van der Waals surface area contributed by atoms with Crippen LogP contribution >= 0.6 is 23.2 Å². The Bertz CT molecular complexity index is 602. The molecule has 1 aliphatic heterocycles. The number of nitrogens with one attached hydrogen (secondary N) is 2. The van der Waals surface area contributed by atoms with Gasteiger partial charge in [0, 0.05) is 12.6 Å². The van der Waals surface area contributed by atoms with Gasteiger partial charge in [-0.15, -0.1) is 0 Å². The van der Waals surface area contributed by atoms with E-state index in [4.69, 9.17) is 27.9 Å². The van der Waals surface area contributed by atoms with Gasteiger partial charge in [0.1, 0.15) is 10.6 Å². The van der Waals surface area contributed by atoms with Gasteiger partial charge in [0.25, 0.3) is 0 Å². The second-order valence-electron chi connectivity index (χ2n) is 4.96. The largest absolute Gasteiger partial charge is 0.495 e. The molecule has 0 amide bonds. The van der Waals surface area contributed by atoms with Crippen molar-refractivity contribution in [1.82, 2.24) is 10.0 Å². The van der Waals surface area contributed by atoms with Crippen LogP contribution in [-0.2, 0) is 10.0 Å². The molecule has 2 N–H and O–H groups in total. The van der Waals surface area contributed by atoms with Crippen LogP contribution in [0.15, 0.2) is 17.0 Å². The van der Waals surface area contributed by atoms with Gasteiger partial charge in [0.15, 0.2) is 0 Å². The van der Waals surface area contributed by atoms with E-state index in [0.29, 0.717) is 18.2 Å². The molecule has 0 aliphatic carbocycles. The zero-order chi connectivity index (χ0) is 15.5. The van der Waals surface area contributed by atoms with Crippen LogP contribution < -0.4 is 14.8 Å². The molecule has 0 bridgehead atoms. The van der Waals surface area contributed by atoms with Crippen LogP contribution in [0.4, 0.5) is 0 Å². The molecule has 1 fully saturated rings. The molecular formula is C13H18Cl2N2O3S. The second-order valence-corrected chi connectivity index (χ2v) is 7.51. The van der Waals surface area contributed by atoms with Gasteiger partial charge < -0.3 is 10.1 Å². The predicted octanol–water partition coefficient (Wildman–Crippen LogP) is 2.28. The van der Waals surface area contributed by atoms with Crippen molar-refractivity contribution in [2.75, 3.05) is 26.7 Å². The van der Waals surface area contributed by atoms with Gasteiger partial charge in [-0.1, -0.05) is 23.2 Å². The van der Waals surface area contributed by atoms with E-state index in [0.717, 1.165) is 25.9 Å². The monoisotopic (exact) mass is 352 g/mol. The van der Waals surface area contributed by atoms with Gasteiger partial charge in [0.2, 0.25) is 10.0 Å². The van der Waals surface area contributed by atoms with E-state index >= 15 is 0 Å². The van der Waals surface area contributed by atoms with Gasteiger partial charge in [-0.05, 0) is 37.9 Å². The van der Waals surface area contributed by atoms with Crippen molar-refractivity contribution < 1.29 is 13.2 Å². The lowest BCUT2D eigenvalue weighted by Gasteiger charge is -2.12. The fourth-order valence-electron chi connectivity index (χ4n) is 2.31. The van der Waals surface area contributed by atoms with Crippen molar-refractivity contribution in [3.8, 4) is 5.75 Å². The lowest BCUT2D eigenvalue weighted by molar-refractivity contribution is 0.414. The van der Waals surface area contributed by atoms with Crippen LogP contribution in [0.25, 0.3) is 0 Å². The fourth-order valence-corrected chi connectivity index (χ4v) is 4.20. The summed E-state index contributed by atoms with van der Waals surface area (Å²) in [6.07, 6.45) is 1.88. The molecule has 1 unspecified atom stereocenters. The number of rotatable bonds is 6. The molecule has 1 aliphatic rings. The molecule has 1 aromatic carbocycles. The summed E-state index contributed by atoms with van der Waals surface area (Å²) >= 11 is 12.0. The van der Waals surface area contributed by atoms with Crippen LogP contribution in [0.5, 0.6) is 5.75 Å². The van der Waals surface area contributed by atoms with Gasteiger partial charge in [-0.2, -0.15) is 0 Å². The Labute approximate surface area is 135 Å². The quantitative estimate of drug-likeness (QED) is 0.824. The molecule has 0 radical (unpaired) electrons. The molecule has 0 aromatic heterocycles. The number of benzene rings is 1. The summed E-state index contributed by atoms with van der Waals surface area (Å²) in [5.74, 6) is 0.861. The minimum Gasteiger partial charge on any atom is -0.495 e. The molecule has 8 heteroatoms. The first kappa shape index (κ1) is 16.8. The molecule has 1 heterocycles. The first-order valence-electron chi connectivity index (χ1n) is 6.67. The van der Waals surface area contributed by atoms with Crippen molar-refractivity contribution in [1.29, 1.82) is 0 Å². The Morgan fingerprint density at radius 2 is 2.14 bits per heavy atom. The van der Waals surface area contributed by atoms with Crippen LogP contribution in [0.2, 0.25) is 10.0 Å². The van der Waals surface area contributed by atoms with Crippen LogP contribution in [-0.4, -0.2) is 35.2 Å². The van der Waals surface area contributed by atoms with Gasteiger partial charge >= 0.3 is 0 Å². The second kappa shape index (κ2) is 7.15. The highest BCUT2D eigenvalue weighted by molar-refractivity contribution is 7.89. The minimum absolute atomic E-state index is 0.0282. The van der Waals surface area contributed by atoms with Gasteiger partial charge in [0.05, 0.1) is 17.2 Å². The maximum absolute atomic E-state index is 12.3. The SMILES string of the molecule is COc1cc(Cl)c(S(=O)(=O)NCCC2CCNC2)cc1Cl. The maximum Gasteiger partial charge on any atom is 0.242 e. The molecule has 0 saturated carbocycles. The molecule has 1 atom stereocenters. The molecule has 1 aromatic rings. The molecule has 118 valence electrons. The first-order valence-corrected chi connectivity index (χ1v) is 8.91. The third-order valence-corrected chi connectivity index (χ3v) is 5.72. The number of sulfonamides is 1. The summed E-state index contributed by atoms with van der Waals surface area (Å²) in [5, 5.41) is 3.55. The lowest BCUT2D eigenvalue weighted by Crippen LogP contribution is -2.27. The molecule has 1 saturated heterocycles. The average molecular weight is 353 g/mol. The highest BCUT2D eigenvalue weighted by atomic mass is 35.5. The van der Waals surface area contributed by atoms with E-state index in [9.17, 15) is 8.42 Å². The van der Waals surface area contributed by atoms with Crippen molar-refractivity contribution in [3.63, 3.8) is 0 Å². The predicted molar refractivity (Wildman–Crippen MR) is 83.8 cm³/mol. The van der Waals surface area contributed by atoms with Crippen molar-refractivity contribution in [2.24, 2.45) is 5.92 Å². The van der Waals surface area contributed by atoms with Crippen LogP contribution in [0.3, 0.4) is 0 Å².